The first-order chi connectivity index (χ1) is 13.3. The Morgan fingerprint density at radius 2 is 1.96 bits per heavy atom. The molecule has 0 fully saturated rings. The van der Waals surface area contributed by atoms with Crippen LogP contribution < -0.4 is 5.32 Å². The molecule has 0 saturated carbocycles. The summed E-state index contributed by atoms with van der Waals surface area (Å²) in [7, 11) is 1.51. The number of likely N-dealkylation sites (N-methyl/N-ethyl adjacent to an activating group) is 1. The molecule has 3 rings (SSSR count). The third-order valence-electron chi connectivity index (χ3n) is 4.10. The molecule has 28 heavy (non-hydrogen) atoms. The summed E-state index contributed by atoms with van der Waals surface area (Å²) in [4.78, 5) is 26.1. The van der Waals surface area contributed by atoms with Crippen molar-refractivity contribution in [3.63, 3.8) is 0 Å². The Morgan fingerprint density at radius 1 is 1.21 bits per heavy atom. The van der Waals surface area contributed by atoms with Crippen LogP contribution in [0.3, 0.4) is 0 Å². The number of hydrogen-bond donors (Lipinski definition) is 1. The molecule has 3 aromatic rings. The molecule has 6 nitrogen and oxygen atoms in total. The number of aryl methyl sites for hydroxylation is 1. The van der Waals surface area contributed by atoms with E-state index < -0.39 is 11.7 Å². The second kappa shape index (κ2) is 8.35. The second-order valence-corrected chi connectivity index (χ2v) is 7.18. The normalized spacial score (nSPS) is 10.6. The summed E-state index contributed by atoms with van der Waals surface area (Å²) in [5.74, 6) is -1.20. The lowest BCUT2D eigenvalue weighted by molar-refractivity contribution is -0.116. The number of carbonyl (C=O) groups excluding carboxylic acids is 2. The average molecular weight is 445 g/mol. The average Bonchev–Trinajstić information content (AvgIpc) is 3.13. The molecule has 1 aromatic heterocycles. The molecule has 1 N–H and O–H groups in total. The number of nitrogens with one attached hydrogen (secondary N) is 1. The fourth-order valence-electron chi connectivity index (χ4n) is 2.65. The standard InChI is InChI=1S/C20H18BrFN4O2/c1-13-11-14(21)7-8-16(13)23-19(27)12-25(2)20(28)17-9-10-26(24-17)18-6-4-3-5-15(18)22/h3-11H,12H2,1-2H3,(H,23,27). The highest BCUT2D eigenvalue weighted by Gasteiger charge is 2.18. The fourth-order valence-corrected chi connectivity index (χ4v) is 3.13. The lowest BCUT2D eigenvalue weighted by Gasteiger charge is -2.16. The number of hydrogen-bond acceptors (Lipinski definition) is 3. The molecule has 2 aromatic carbocycles. The molecular weight excluding hydrogens is 427 g/mol. The van der Waals surface area contributed by atoms with Gasteiger partial charge in [0.2, 0.25) is 5.91 Å². The van der Waals surface area contributed by atoms with Crippen LogP contribution in [0, 0.1) is 12.7 Å². The Kier molecular flexibility index (Phi) is 5.89. The lowest BCUT2D eigenvalue weighted by atomic mass is 10.2. The first kappa shape index (κ1) is 19.8. The van der Waals surface area contributed by atoms with Gasteiger partial charge in [0, 0.05) is 23.4 Å². The number of amides is 2. The van der Waals surface area contributed by atoms with Crippen molar-refractivity contribution in [1.29, 1.82) is 0 Å². The zero-order valence-corrected chi connectivity index (χ0v) is 16.9. The fraction of sp³-hybridized carbons (Fsp3) is 0.150. The van der Waals surface area contributed by atoms with Gasteiger partial charge in [-0.25, -0.2) is 9.07 Å². The number of para-hydroxylation sites is 1. The van der Waals surface area contributed by atoms with Gasteiger partial charge in [-0.1, -0.05) is 28.1 Å². The number of aromatic nitrogens is 2. The van der Waals surface area contributed by atoms with Crippen LogP contribution in [0.4, 0.5) is 10.1 Å². The van der Waals surface area contributed by atoms with Gasteiger partial charge in [0.15, 0.2) is 5.69 Å². The van der Waals surface area contributed by atoms with Crippen LogP contribution in [-0.2, 0) is 4.79 Å². The van der Waals surface area contributed by atoms with Gasteiger partial charge >= 0.3 is 0 Å². The molecule has 0 radical (unpaired) electrons. The largest absolute Gasteiger partial charge is 0.331 e. The van der Waals surface area contributed by atoms with Gasteiger partial charge < -0.3 is 10.2 Å². The van der Waals surface area contributed by atoms with Gasteiger partial charge in [0.25, 0.3) is 5.91 Å². The van der Waals surface area contributed by atoms with Crippen LogP contribution in [0.1, 0.15) is 16.1 Å². The van der Waals surface area contributed by atoms with Gasteiger partial charge in [0.05, 0.1) is 6.54 Å². The quantitative estimate of drug-likeness (QED) is 0.650. The van der Waals surface area contributed by atoms with E-state index in [0.29, 0.717) is 5.69 Å². The maximum atomic E-state index is 13.9. The third kappa shape index (κ3) is 4.45. The summed E-state index contributed by atoms with van der Waals surface area (Å²) < 4.78 is 16.1. The summed E-state index contributed by atoms with van der Waals surface area (Å²) >= 11 is 3.37. The maximum absolute atomic E-state index is 13.9. The third-order valence-corrected chi connectivity index (χ3v) is 4.59. The highest BCUT2D eigenvalue weighted by Crippen LogP contribution is 2.20. The van der Waals surface area contributed by atoms with Crippen LogP contribution in [0.25, 0.3) is 5.69 Å². The van der Waals surface area contributed by atoms with Crippen molar-refractivity contribution in [2.45, 2.75) is 6.92 Å². The smallest absolute Gasteiger partial charge is 0.274 e. The zero-order chi connectivity index (χ0) is 20.3. The van der Waals surface area contributed by atoms with Crippen molar-refractivity contribution in [2.75, 3.05) is 18.9 Å². The van der Waals surface area contributed by atoms with E-state index in [4.69, 9.17) is 0 Å². The highest BCUT2D eigenvalue weighted by atomic mass is 79.9. The van der Waals surface area contributed by atoms with Crippen LogP contribution in [0.5, 0.6) is 0 Å². The van der Waals surface area contributed by atoms with Crippen LogP contribution >= 0.6 is 15.9 Å². The Hall–Kier alpha value is -3.00. The molecule has 2 amide bonds. The summed E-state index contributed by atoms with van der Waals surface area (Å²) in [6.45, 7) is 1.74. The van der Waals surface area contributed by atoms with Gasteiger partial charge in [-0.05, 0) is 48.9 Å². The predicted octanol–water partition coefficient (Wildman–Crippen LogP) is 3.79. The molecule has 144 valence electrons. The molecule has 0 aliphatic rings. The number of benzene rings is 2. The van der Waals surface area contributed by atoms with Gasteiger partial charge in [-0.15, -0.1) is 0 Å². The van der Waals surface area contributed by atoms with E-state index in [9.17, 15) is 14.0 Å². The van der Waals surface area contributed by atoms with Crippen molar-refractivity contribution in [1.82, 2.24) is 14.7 Å². The van der Waals surface area contributed by atoms with Gasteiger partial charge in [0.1, 0.15) is 11.5 Å². The maximum Gasteiger partial charge on any atom is 0.274 e. The second-order valence-electron chi connectivity index (χ2n) is 6.27. The molecule has 1 heterocycles. The Labute approximate surface area is 170 Å². The minimum absolute atomic E-state index is 0.123. The molecule has 0 unspecified atom stereocenters. The SMILES string of the molecule is Cc1cc(Br)ccc1NC(=O)CN(C)C(=O)c1ccn(-c2ccccc2F)n1. The zero-order valence-electron chi connectivity index (χ0n) is 15.3. The summed E-state index contributed by atoms with van der Waals surface area (Å²) in [6, 6.07) is 13.1. The van der Waals surface area contributed by atoms with E-state index >= 15 is 0 Å². The molecule has 0 saturated heterocycles. The summed E-state index contributed by atoms with van der Waals surface area (Å²) in [5, 5.41) is 6.91. The van der Waals surface area contributed by atoms with E-state index in [2.05, 4.69) is 26.3 Å². The Bertz CT molecular complexity index is 1030. The van der Waals surface area contributed by atoms with E-state index in [1.54, 1.807) is 24.3 Å². The minimum atomic E-state index is -0.442. The molecule has 0 spiro atoms. The molecule has 0 aliphatic heterocycles. The van der Waals surface area contributed by atoms with Gasteiger partial charge in [-0.2, -0.15) is 5.10 Å². The van der Waals surface area contributed by atoms with E-state index in [1.807, 2.05) is 19.1 Å². The predicted molar refractivity (Wildman–Crippen MR) is 108 cm³/mol. The molecule has 0 atom stereocenters. The summed E-state index contributed by atoms with van der Waals surface area (Å²) in [5.41, 5.74) is 1.95. The Morgan fingerprint density at radius 3 is 2.68 bits per heavy atom. The first-order valence-electron chi connectivity index (χ1n) is 8.47. The number of anilines is 1. The van der Waals surface area contributed by atoms with Crippen molar-refractivity contribution >= 4 is 33.4 Å². The molecule has 0 aliphatic carbocycles. The van der Waals surface area contributed by atoms with Crippen molar-refractivity contribution in [3.8, 4) is 5.69 Å². The Balaban J connectivity index is 1.66. The van der Waals surface area contributed by atoms with Crippen LogP contribution in [-0.4, -0.2) is 40.1 Å². The first-order valence-corrected chi connectivity index (χ1v) is 9.26. The van der Waals surface area contributed by atoms with Crippen molar-refractivity contribution in [3.05, 3.63) is 76.3 Å². The topological polar surface area (TPSA) is 67.2 Å². The monoisotopic (exact) mass is 444 g/mol. The van der Waals surface area contributed by atoms with Crippen molar-refractivity contribution < 1.29 is 14.0 Å². The van der Waals surface area contributed by atoms with Crippen LogP contribution in [0.2, 0.25) is 0 Å². The number of rotatable bonds is 5. The van der Waals surface area contributed by atoms with E-state index in [1.165, 1.54) is 35.0 Å². The van der Waals surface area contributed by atoms with E-state index in [-0.39, 0.29) is 23.8 Å². The van der Waals surface area contributed by atoms with Crippen molar-refractivity contribution in [2.24, 2.45) is 0 Å². The van der Waals surface area contributed by atoms with E-state index in [0.717, 1.165) is 10.0 Å². The number of carbonyl (C=O) groups is 2. The highest BCUT2D eigenvalue weighted by molar-refractivity contribution is 9.10. The molecular formula is C20H18BrFN4O2. The number of nitrogens with zero attached hydrogens (tertiary/aromatic N) is 3. The summed E-state index contributed by atoms with van der Waals surface area (Å²) in [6.07, 6.45) is 1.50. The lowest BCUT2D eigenvalue weighted by Crippen LogP contribution is -2.35. The van der Waals surface area contributed by atoms with Crippen LogP contribution in [0.15, 0.2) is 59.2 Å². The minimum Gasteiger partial charge on any atom is -0.331 e. The molecule has 8 heteroatoms. The molecule has 0 bridgehead atoms. The van der Waals surface area contributed by atoms with Gasteiger partial charge in [-0.3, -0.25) is 9.59 Å². The number of halogens is 2.